The summed E-state index contributed by atoms with van der Waals surface area (Å²) in [6, 6.07) is 77.1. The van der Waals surface area contributed by atoms with E-state index in [1.54, 1.807) is 0 Å². The molecule has 11 rings (SSSR count). The molecule has 2 aromatic heterocycles. The molecular formula is C55H36N4. The van der Waals surface area contributed by atoms with E-state index in [9.17, 15) is 0 Å². The lowest BCUT2D eigenvalue weighted by molar-refractivity contribution is 0.953. The summed E-state index contributed by atoms with van der Waals surface area (Å²) in [6.07, 6.45) is 0. The fourth-order valence-electron chi connectivity index (χ4n) is 8.43. The van der Waals surface area contributed by atoms with Crippen molar-refractivity contribution in [3.05, 3.63) is 218 Å². The second kappa shape index (κ2) is 14.5. The van der Waals surface area contributed by atoms with Gasteiger partial charge in [0.1, 0.15) is 0 Å². The van der Waals surface area contributed by atoms with Crippen molar-refractivity contribution in [3.8, 4) is 73.2 Å². The molecule has 0 atom stereocenters. The van der Waals surface area contributed by atoms with Gasteiger partial charge in [0.05, 0.1) is 11.0 Å². The molecular weight excluding hydrogens is 717 g/mol. The van der Waals surface area contributed by atoms with Gasteiger partial charge in [-0.2, -0.15) is 9.97 Å². The number of fused-ring (bicyclic) bond motifs is 4. The van der Waals surface area contributed by atoms with Gasteiger partial charge in [-0.3, -0.25) is 4.57 Å². The Morgan fingerprint density at radius 3 is 1.49 bits per heavy atom. The molecule has 0 radical (unpaired) electrons. The van der Waals surface area contributed by atoms with Crippen molar-refractivity contribution >= 4 is 32.6 Å². The Labute approximate surface area is 342 Å². The molecule has 11 aromatic rings. The van der Waals surface area contributed by atoms with Crippen molar-refractivity contribution in [2.75, 3.05) is 0 Å². The number of hydrogen-bond donors (Lipinski definition) is 0. The highest BCUT2D eigenvalue weighted by molar-refractivity contribution is 6.10. The zero-order chi connectivity index (χ0) is 39.1. The van der Waals surface area contributed by atoms with Gasteiger partial charge < -0.3 is 0 Å². The van der Waals surface area contributed by atoms with E-state index >= 15 is 0 Å². The fraction of sp³-hybridized carbons (Fsp3) is 0. The monoisotopic (exact) mass is 752 g/mol. The standard InChI is InChI=1S/C55H36N4/c1-4-15-37(16-5-1)39-29-31-40(32-30-39)46-26-13-21-41-22-14-27-47(52(41)46)44-23-12-24-45(35-44)54-56-53(42-19-8-3-9-20-42)57-55(58-54)59-50-28-11-10-25-48(50)49-36-43(33-34-51(49)59)38-17-6-2-7-18-38/h1-36H. The first-order valence-electron chi connectivity index (χ1n) is 19.9. The Kier molecular flexibility index (Phi) is 8.45. The van der Waals surface area contributed by atoms with Crippen LogP contribution in [-0.4, -0.2) is 19.5 Å². The summed E-state index contributed by atoms with van der Waals surface area (Å²) in [5, 5.41) is 4.69. The van der Waals surface area contributed by atoms with Crippen molar-refractivity contribution in [2.45, 2.75) is 0 Å². The van der Waals surface area contributed by atoms with Crippen molar-refractivity contribution in [1.82, 2.24) is 19.5 Å². The minimum atomic E-state index is 0.573. The van der Waals surface area contributed by atoms with Crippen LogP contribution in [0.1, 0.15) is 0 Å². The molecule has 9 aromatic carbocycles. The van der Waals surface area contributed by atoms with Crippen molar-refractivity contribution in [2.24, 2.45) is 0 Å². The third kappa shape index (κ3) is 6.24. The van der Waals surface area contributed by atoms with Crippen molar-refractivity contribution in [1.29, 1.82) is 0 Å². The molecule has 2 heterocycles. The molecule has 276 valence electrons. The molecule has 0 aliphatic rings. The zero-order valence-electron chi connectivity index (χ0n) is 32.1. The molecule has 0 aliphatic carbocycles. The molecule has 0 saturated carbocycles. The van der Waals surface area contributed by atoms with E-state index in [1.165, 1.54) is 44.2 Å². The minimum absolute atomic E-state index is 0.573. The molecule has 4 heteroatoms. The molecule has 0 unspecified atom stereocenters. The lowest BCUT2D eigenvalue weighted by Crippen LogP contribution is -2.06. The number of benzene rings is 9. The van der Waals surface area contributed by atoms with E-state index < -0.39 is 0 Å². The third-order valence-corrected chi connectivity index (χ3v) is 11.3. The largest absolute Gasteiger partial charge is 0.278 e. The number of aromatic nitrogens is 4. The molecule has 0 aliphatic heterocycles. The maximum atomic E-state index is 5.29. The Bertz CT molecular complexity index is 3290. The van der Waals surface area contributed by atoms with Crippen LogP contribution in [0.2, 0.25) is 0 Å². The van der Waals surface area contributed by atoms with Crippen LogP contribution in [0.25, 0.3) is 106 Å². The summed E-state index contributed by atoms with van der Waals surface area (Å²) in [5.41, 5.74) is 13.3. The highest BCUT2D eigenvalue weighted by Gasteiger charge is 2.19. The van der Waals surface area contributed by atoms with Crippen LogP contribution in [0.5, 0.6) is 0 Å². The highest BCUT2D eigenvalue weighted by Crippen LogP contribution is 2.39. The van der Waals surface area contributed by atoms with Crippen LogP contribution in [0.4, 0.5) is 0 Å². The van der Waals surface area contributed by atoms with Crippen molar-refractivity contribution in [3.63, 3.8) is 0 Å². The van der Waals surface area contributed by atoms with Crippen LogP contribution in [0.15, 0.2) is 218 Å². The maximum Gasteiger partial charge on any atom is 0.238 e. The molecule has 59 heavy (non-hydrogen) atoms. The quantitative estimate of drug-likeness (QED) is 0.163. The van der Waals surface area contributed by atoms with Gasteiger partial charge >= 0.3 is 0 Å². The number of para-hydroxylation sites is 1. The summed E-state index contributed by atoms with van der Waals surface area (Å²) < 4.78 is 2.18. The summed E-state index contributed by atoms with van der Waals surface area (Å²) in [6.45, 7) is 0. The number of hydrogen-bond acceptors (Lipinski definition) is 3. The normalized spacial score (nSPS) is 11.4. The van der Waals surface area contributed by atoms with Gasteiger partial charge in [-0.05, 0) is 79.5 Å². The van der Waals surface area contributed by atoms with Gasteiger partial charge in [0.15, 0.2) is 11.6 Å². The van der Waals surface area contributed by atoms with Gasteiger partial charge in [-0.1, -0.05) is 194 Å². The van der Waals surface area contributed by atoms with Gasteiger partial charge in [-0.25, -0.2) is 4.98 Å². The van der Waals surface area contributed by atoms with Gasteiger partial charge in [0, 0.05) is 21.9 Å². The maximum absolute atomic E-state index is 5.29. The fourth-order valence-corrected chi connectivity index (χ4v) is 8.43. The Morgan fingerprint density at radius 1 is 0.288 bits per heavy atom. The van der Waals surface area contributed by atoms with Gasteiger partial charge in [-0.15, -0.1) is 0 Å². The topological polar surface area (TPSA) is 43.6 Å². The summed E-state index contributed by atoms with van der Waals surface area (Å²) in [7, 11) is 0. The van der Waals surface area contributed by atoms with E-state index in [0.29, 0.717) is 17.6 Å². The Balaban J connectivity index is 1.07. The molecule has 0 amide bonds. The molecule has 0 saturated heterocycles. The minimum Gasteiger partial charge on any atom is -0.278 e. The second-order valence-electron chi connectivity index (χ2n) is 14.8. The van der Waals surface area contributed by atoms with E-state index in [2.05, 4.69) is 205 Å². The van der Waals surface area contributed by atoms with Crippen molar-refractivity contribution < 1.29 is 0 Å². The highest BCUT2D eigenvalue weighted by atomic mass is 15.2. The summed E-state index contributed by atoms with van der Waals surface area (Å²) in [4.78, 5) is 15.6. The zero-order valence-corrected chi connectivity index (χ0v) is 32.1. The molecule has 0 fully saturated rings. The van der Waals surface area contributed by atoms with E-state index in [1.807, 2.05) is 18.2 Å². The van der Waals surface area contributed by atoms with Crippen LogP contribution in [0.3, 0.4) is 0 Å². The van der Waals surface area contributed by atoms with Crippen LogP contribution in [0, 0.1) is 0 Å². The first-order valence-corrected chi connectivity index (χ1v) is 19.9. The van der Waals surface area contributed by atoms with Crippen LogP contribution >= 0.6 is 0 Å². The second-order valence-corrected chi connectivity index (χ2v) is 14.8. The third-order valence-electron chi connectivity index (χ3n) is 11.3. The van der Waals surface area contributed by atoms with Gasteiger partial charge in [0.2, 0.25) is 5.95 Å². The van der Waals surface area contributed by atoms with E-state index in [4.69, 9.17) is 15.0 Å². The Morgan fingerprint density at radius 2 is 0.780 bits per heavy atom. The predicted octanol–water partition coefficient (Wildman–Crippen LogP) is 14.1. The summed E-state index contributed by atoms with van der Waals surface area (Å²) >= 11 is 0. The molecule has 4 nitrogen and oxygen atoms in total. The average Bonchev–Trinajstić information content (AvgIpc) is 3.66. The lowest BCUT2D eigenvalue weighted by atomic mass is 9.90. The molecule has 0 N–H and O–H groups in total. The molecule has 0 bridgehead atoms. The predicted molar refractivity (Wildman–Crippen MR) is 244 cm³/mol. The van der Waals surface area contributed by atoms with E-state index in [-0.39, 0.29) is 0 Å². The number of rotatable bonds is 7. The van der Waals surface area contributed by atoms with Crippen LogP contribution < -0.4 is 0 Å². The average molecular weight is 753 g/mol. The lowest BCUT2D eigenvalue weighted by Gasteiger charge is -2.14. The molecule has 0 spiro atoms. The smallest absolute Gasteiger partial charge is 0.238 e. The Hall–Kier alpha value is -7.95. The van der Waals surface area contributed by atoms with Gasteiger partial charge in [0.25, 0.3) is 0 Å². The summed E-state index contributed by atoms with van der Waals surface area (Å²) in [5.74, 6) is 1.80. The number of nitrogens with zero attached hydrogens (tertiary/aromatic N) is 4. The SMILES string of the molecule is c1ccc(-c2ccc(-c3cccc4cccc(-c5cccc(-c6nc(-c7ccccc7)nc(-n7c8ccccc8c8cc(-c9ccccc9)ccc87)n6)c5)c34)cc2)cc1. The first-order chi connectivity index (χ1) is 29.2. The van der Waals surface area contributed by atoms with E-state index in [0.717, 1.165) is 44.1 Å². The first kappa shape index (κ1) is 34.3. The van der Waals surface area contributed by atoms with Crippen LogP contribution in [-0.2, 0) is 0 Å².